The molecule has 0 saturated carbocycles. The van der Waals surface area contributed by atoms with Gasteiger partial charge in [0.05, 0.1) is 5.56 Å². The molecular formula is C20H20FN3O4. The molecule has 1 aliphatic rings. The Morgan fingerprint density at radius 1 is 0.929 bits per heavy atom. The lowest BCUT2D eigenvalue weighted by Gasteiger charge is -2.34. The summed E-state index contributed by atoms with van der Waals surface area (Å²) in [4.78, 5) is 38.8. The molecule has 2 aromatic carbocycles. The molecule has 1 aliphatic heterocycles. The molecule has 0 aromatic heterocycles. The maximum Gasteiger partial charge on any atom is 0.335 e. The van der Waals surface area contributed by atoms with E-state index in [9.17, 15) is 18.8 Å². The van der Waals surface area contributed by atoms with Crippen molar-refractivity contribution in [2.24, 2.45) is 0 Å². The Kier molecular flexibility index (Phi) is 5.88. The Balaban J connectivity index is 1.48. The molecule has 1 fully saturated rings. The Morgan fingerprint density at radius 3 is 2.18 bits per heavy atom. The second kappa shape index (κ2) is 8.51. The number of rotatable bonds is 4. The number of piperazine rings is 1. The van der Waals surface area contributed by atoms with Gasteiger partial charge in [-0.1, -0.05) is 18.2 Å². The Morgan fingerprint density at radius 2 is 1.57 bits per heavy atom. The zero-order chi connectivity index (χ0) is 20.1. The van der Waals surface area contributed by atoms with Gasteiger partial charge in [0.25, 0.3) is 5.91 Å². The van der Waals surface area contributed by atoms with Crippen LogP contribution in [0.15, 0.2) is 48.5 Å². The number of nitrogens with one attached hydrogen (secondary N) is 1. The summed E-state index contributed by atoms with van der Waals surface area (Å²) in [5.74, 6) is -1.71. The van der Waals surface area contributed by atoms with Crippen LogP contribution in [0.2, 0.25) is 0 Å². The first-order valence-corrected chi connectivity index (χ1v) is 8.84. The number of hydrogen-bond acceptors (Lipinski definition) is 3. The molecule has 3 rings (SSSR count). The summed E-state index contributed by atoms with van der Waals surface area (Å²) in [5, 5.41) is 11.7. The highest BCUT2D eigenvalue weighted by atomic mass is 19.1. The molecule has 0 atom stereocenters. The van der Waals surface area contributed by atoms with Gasteiger partial charge in [0.2, 0.25) is 0 Å². The van der Waals surface area contributed by atoms with Crippen LogP contribution >= 0.6 is 0 Å². The number of amides is 3. The van der Waals surface area contributed by atoms with Crippen molar-refractivity contribution in [2.75, 3.05) is 26.2 Å². The highest BCUT2D eigenvalue weighted by molar-refractivity contribution is 5.94. The van der Waals surface area contributed by atoms with E-state index in [1.54, 1.807) is 28.0 Å². The van der Waals surface area contributed by atoms with Crippen LogP contribution in [0, 0.1) is 5.82 Å². The monoisotopic (exact) mass is 385 g/mol. The lowest BCUT2D eigenvalue weighted by molar-refractivity contribution is 0.0663. The Bertz CT molecular complexity index is 877. The predicted octanol–water partition coefficient (Wildman–Crippen LogP) is 2.19. The van der Waals surface area contributed by atoms with Crippen molar-refractivity contribution in [1.29, 1.82) is 0 Å². The second-order valence-electron chi connectivity index (χ2n) is 6.45. The van der Waals surface area contributed by atoms with Gasteiger partial charge >= 0.3 is 12.0 Å². The zero-order valence-corrected chi connectivity index (χ0v) is 15.1. The summed E-state index contributed by atoms with van der Waals surface area (Å²) in [6, 6.07) is 11.6. The van der Waals surface area contributed by atoms with Crippen molar-refractivity contribution in [1.82, 2.24) is 15.1 Å². The zero-order valence-electron chi connectivity index (χ0n) is 15.1. The standard InChI is InChI=1S/C20H20FN3O4/c21-17-3-1-2-16(12-17)18(25)23-8-10-24(11-9-23)20(28)22-13-14-4-6-15(7-5-14)19(26)27/h1-7,12H,8-11,13H2,(H,22,28)(H,26,27). The summed E-state index contributed by atoms with van der Waals surface area (Å²) in [7, 11) is 0. The first kappa shape index (κ1) is 19.3. The number of carboxylic acids is 1. The summed E-state index contributed by atoms with van der Waals surface area (Å²) in [6.07, 6.45) is 0. The van der Waals surface area contributed by atoms with Crippen LogP contribution in [0.25, 0.3) is 0 Å². The van der Waals surface area contributed by atoms with Crippen LogP contribution in [0.5, 0.6) is 0 Å². The number of carboxylic acid groups (broad SMARTS) is 1. The van der Waals surface area contributed by atoms with E-state index in [0.717, 1.165) is 5.56 Å². The van der Waals surface area contributed by atoms with E-state index >= 15 is 0 Å². The van der Waals surface area contributed by atoms with Gasteiger partial charge in [0, 0.05) is 38.3 Å². The SMILES string of the molecule is O=C(O)c1ccc(CNC(=O)N2CCN(C(=O)c3cccc(F)c3)CC2)cc1. The van der Waals surface area contributed by atoms with Gasteiger partial charge in [-0.15, -0.1) is 0 Å². The smallest absolute Gasteiger partial charge is 0.335 e. The maximum absolute atomic E-state index is 13.3. The summed E-state index contributed by atoms with van der Waals surface area (Å²) < 4.78 is 13.3. The van der Waals surface area contributed by atoms with Crippen molar-refractivity contribution in [3.8, 4) is 0 Å². The fourth-order valence-corrected chi connectivity index (χ4v) is 2.97. The van der Waals surface area contributed by atoms with Gasteiger partial charge in [0.15, 0.2) is 0 Å². The first-order chi connectivity index (χ1) is 13.4. The number of nitrogens with zero attached hydrogens (tertiary/aromatic N) is 2. The molecule has 28 heavy (non-hydrogen) atoms. The molecule has 1 heterocycles. The van der Waals surface area contributed by atoms with Crippen LogP contribution in [-0.4, -0.2) is 59.0 Å². The van der Waals surface area contributed by atoms with Crippen molar-refractivity contribution in [3.05, 3.63) is 71.0 Å². The van der Waals surface area contributed by atoms with Crippen molar-refractivity contribution >= 4 is 17.9 Å². The highest BCUT2D eigenvalue weighted by Crippen LogP contribution is 2.11. The fraction of sp³-hybridized carbons (Fsp3) is 0.250. The Hall–Kier alpha value is -3.42. The number of benzene rings is 2. The summed E-state index contributed by atoms with van der Waals surface area (Å²) in [5.41, 5.74) is 1.27. The average molecular weight is 385 g/mol. The molecule has 0 aliphatic carbocycles. The maximum atomic E-state index is 13.3. The number of aromatic carboxylic acids is 1. The van der Waals surface area contributed by atoms with Crippen LogP contribution in [0.3, 0.4) is 0 Å². The van der Waals surface area contributed by atoms with Crippen LogP contribution in [0.1, 0.15) is 26.3 Å². The van der Waals surface area contributed by atoms with E-state index < -0.39 is 11.8 Å². The summed E-state index contributed by atoms with van der Waals surface area (Å²) >= 11 is 0. The second-order valence-corrected chi connectivity index (χ2v) is 6.45. The lowest BCUT2D eigenvalue weighted by Crippen LogP contribution is -2.53. The first-order valence-electron chi connectivity index (χ1n) is 8.84. The van der Waals surface area contributed by atoms with Gasteiger partial charge in [-0.25, -0.2) is 14.0 Å². The largest absolute Gasteiger partial charge is 0.478 e. The minimum Gasteiger partial charge on any atom is -0.478 e. The normalized spacial score (nSPS) is 13.9. The predicted molar refractivity (Wildman–Crippen MR) is 99.5 cm³/mol. The third-order valence-corrected chi connectivity index (χ3v) is 4.57. The molecule has 8 heteroatoms. The van der Waals surface area contributed by atoms with E-state index in [-0.39, 0.29) is 24.0 Å². The Labute approximate surface area is 161 Å². The van der Waals surface area contributed by atoms with E-state index in [0.29, 0.717) is 31.7 Å². The quantitative estimate of drug-likeness (QED) is 0.844. The molecule has 7 nitrogen and oxygen atoms in total. The molecule has 0 spiro atoms. The molecule has 2 N–H and O–H groups in total. The third-order valence-electron chi connectivity index (χ3n) is 4.57. The molecule has 1 saturated heterocycles. The van der Waals surface area contributed by atoms with Crippen LogP contribution in [0.4, 0.5) is 9.18 Å². The van der Waals surface area contributed by atoms with Crippen molar-refractivity contribution in [2.45, 2.75) is 6.54 Å². The number of carbonyl (C=O) groups is 3. The van der Waals surface area contributed by atoms with Crippen LogP contribution in [-0.2, 0) is 6.54 Å². The van der Waals surface area contributed by atoms with Gasteiger partial charge in [-0.05, 0) is 35.9 Å². The van der Waals surface area contributed by atoms with Gasteiger partial charge in [-0.3, -0.25) is 4.79 Å². The van der Waals surface area contributed by atoms with Crippen molar-refractivity contribution < 1.29 is 23.9 Å². The van der Waals surface area contributed by atoms with E-state index in [4.69, 9.17) is 5.11 Å². The molecular weight excluding hydrogens is 365 g/mol. The highest BCUT2D eigenvalue weighted by Gasteiger charge is 2.24. The fourth-order valence-electron chi connectivity index (χ4n) is 2.97. The van der Waals surface area contributed by atoms with Crippen molar-refractivity contribution in [3.63, 3.8) is 0 Å². The number of hydrogen-bond donors (Lipinski definition) is 2. The average Bonchev–Trinajstić information content (AvgIpc) is 2.72. The molecule has 2 aromatic rings. The van der Waals surface area contributed by atoms with Gasteiger partial charge in [0.1, 0.15) is 5.82 Å². The minimum atomic E-state index is -0.999. The van der Waals surface area contributed by atoms with E-state index in [1.807, 2.05) is 0 Å². The molecule has 0 unspecified atom stereocenters. The number of urea groups is 1. The summed E-state index contributed by atoms with van der Waals surface area (Å²) in [6.45, 7) is 1.78. The molecule has 0 radical (unpaired) electrons. The molecule has 3 amide bonds. The topological polar surface area (TPSA) is 89.9 Å². The minimum absolute atomic E-state index is 0.189. The molecule has 0 bridgehead atoms. The number of carbonyl (C=O) groups excluding carboxylic acids is 2. The molecule has 146 valence electrons. The van der Waals surface area contributed by atoms with Gasteiger partial charge in [-0.2, -0.15) is 0 Å². The van der Waals surface area contributed by atoms with Crippen LogP contribution < -0.4 is 5.32 Å². The van der Waals surface area contributed by atoms with E-state index in [2.05, 4.69) is 5.32 Å². The lowest BCUT2D eigenvalue weighted by atomic mass is 10.1. The third kappa shape index (κ3) is 4.64. The van der Waals surface area contributed by atoms with E-state index in [1.165, 1.54) is 30.3 Å². The number of halogens is 1. The van der Waals surface area contributed by atoms with Gasteiger partial charge < -0.3 is 20.2 Å².